The van der Waals surface area contributed by atoms with Crippen molar-refractivity contribution in [1.29, 1.82) is 0 Å². The maximum atomic E-state index is 6.06. The van der Waals surface area contributed by atoms with Crippen LogP contribution in [-0.4, -0.2) is 17.3 Å². The van der Waals surface area contributed by atoms with Crippen LogP contribution in [0.15, 0.2) is 36.5 Å². The van der Waals surface area contributed by atoms with Crippen molar-refractivity contribution >= 4 is 23.5 Å². The van der Waals surface area contributed by atoms with Gasteiger partial charge in [0, 0.05) is 23.1 Å². The molecule has 2 aromatic rings. The van der Waals surface area contributed by atoms with Gasteiger partial charge in [-0.25, -0.2) is 0 Å². The number of thiol groups is 1. The van der Waals surface area contributed by atoms with Crippen molar-refractivity contribution in [2.24, 2.45) is 5.41 Å². The van der Waals surface area contributed by atoms with Gasteiger partial charge in [-0.3, -0.25) is 4.98 Å². The minimum Gasteiger partial charge on any atom is -0.493 e. The van der Waals surface area contributed by atoms with Gasteiger partial charge in [-0.2, -0.15) is 12.6 Å². The second-order valence-corrected chi connectivity index (χ2v) is 6.18. The van der Waals surface area contributed by atoms with E-state index in [9.17, 15) is 0 Å². The lowest BCUT2D eigenvalue weighted by molar-refractivity contribution is 0.121. The molecule has 0 N–H and O–H groups in total. The molecule has 0 spiro atoms. The molecule has 0 saturated heterocycles. The first-order valence-electron chi connectivity index (χ1n) is 7.40. The van der Waals surface area contributed by atoms with Crippen molar-refractivity contribution in [2.45, 2.75) is 32.1 Å². The lowest BCUT2D eigenvalue weighted by atomic mass is 9.76. The van der Waals surface area contributed by atoms with Crippen LogP contribution in [0.5, 0.6) is 5.75 Å². The molecule has 3 heteroatoms. The first-order valence-corrected chi connectivity index (χ1v) is 8.03. The Labute approximate surface area is 126 Å². The minimum absolute atomic E-state index is 0.264. The molecular formula is C17H21NOS. The number of fused-ring (bicyclic) bond motifs is 1. The molecule has 0 radical (unpaired) electrons. The standard InChI is InChI=1S/C17H21NOS/c20-13-17(8-2-1-3-9-17)12-19-15-7-6-14-5-4-10-18-16(14)11-15/h4-7,10-11,20H,1-3,8-9,12-13H2. The van der Waals surface area contributed by atoms with Crippen LogP contribution in [0.25, 0.3) is 10.9 Å². The van der Waals surface area contributed by atoms with Crippen LogP contribution in [0.1, 0.15) is 32.1 Å². The SMILES string of the molecule is SCC1(COc2ccc3cccnc3c2)CCCCC1. The molecule has 0 bridgehead atoms. The van der Waals surface area contributed by atoms with Crippen molar-refractivity contribution in [1.82, 2.24) is 4.98 Å². The van der Waals surface area contributed by atoms with Gasteiger partial charge in [-0.15, -0.1) is 0 Å². The van der Waals surface area contributed by atoms with Crippen molar-refractivity contribution in [3.05, 3.63) is 36.5 Å². The number of aromatic nitrogens is 1. The number of nitrogens with zero attached hydrogens (tertiary/aromatic N) is 1. The molecule has 1 aliphatic rings. The van der Waals surface area contributed by atoms with Gasteiger partial charge in [0.25, 0.3) is 0 Å². The second-order valence-electron chi connectivity index (χ2n) is 5.87. The van der Waals surface area contributed by atoms with Crippen LogP contribution >= 0.6 is 12.6 Å². The molecule has 1 heterocycles. The van der Waals surface area contributed by atoms with E-state index in [1.54, 1.807) is 0 Å². The quantitative estimate of drug-likeness (QED) is 0.837. The van der Waals surface area contributed by atoms with Gasteiger partial charge < -0.3 is 4.74 Å². The summed E-state index contributed by atoms with van der Waals surface area (Å²) >= 11 is 4.56. The summed E-state index contributed by atoms with van der Waals surface area (Å²) in [5, 5.41) is 1.15. The molecule has 0 atom stereocenters. The normalized spacial score (nSPS) is 18.1. The fourth-order valence-corrected chi connectivity index (χ4v) is 3.43. The van der Waals surface area contributed by atoms with E-state index in [1.165, 1.54) is 32.1 Å². The van der Waals surface area contributed by atoms with E-state index < -0.39 is 0 Å². The van der Waals surface area contributed by atoms with E-state index in [2.05, 4.69) is 29.7 Å². The van der Waals surface area contributed by atoms with Crippen molar-refractivity contribution in [3.8, 4) is 5.75 Å². The molecule has 0 aliphatic heterocycles. The maximum absolute atomic E-state index is 6.06. The average Bonchev–Trinajstić information content (AvgIpc) is 2.54. The van der Waals surface area contributed by atoms with Crippen molar-refractivity contribution in [3.63, 3.8) is 0 Å². The zero-order chi connectivity index (χ0) is 13.8. The highest BCUT2D eigenvalue weighted by Gasteiger charge is 2.31. The number of hydrogen-bond acceptors (Lipinski definition) is 3. The summed E-state index contributed by atoms with van der Waals surface area (Å²) in [6, 6.07) is 10.2. The van der Waals surface area contributed by atoms with Crippen LogP contribution < -0.4 is 4.74 Å². The number of pyridine rings is 1. The topological polar surface area (TPSA) is 22.1 Å². The summed E-state index contributed by atoms with van der Waals surface area (Å²) in [6.07, 6.45) is 8.27. The number of benzene rings is 1. The van der Waals surface area contributed by atoms with Crippen LogP contribution in [0.2, 0.25) is 0 Å². The van der Waals surface area contributed by atoms with E-state index in [0.717, 1.165) is 29.0 Å². The third-order valence-electron chi connectivity index (χ3n) is 4.37. The monoisotopic (exact) mass is 287 g/mol. The molecule has 1 aromatic heterocycles. The summed E-state index contributed by atoms with van der Waals surface area (Å²) in [4.78, 5) is 4.38. The molecule has 1 aliphatic carbocycles. The lowest BCUT2D eigenvalue weighted by Gasteiger charge is -2.35. The zero-order valence-corrected chi connectivity index (χ0v) is 12.6. The van der Waals surface area contributed by atoms with E-state index in [4.69, 9.17) is 4.74 Å². The van der Waals surface area contributed by atoms with Gasteiger partial charge in [0.2, 0.25) is 0 Å². The Kier molecular flexibility index (Phi) is 4.16. The summed E-state index contributed by atoms with van der Waals surface area (Å²) in [6.45, 7) is 0.773. The average molecular weight is 287 g/mol. The Bertz CT molecular complexity index is 578. The minimum atomic E-state index is 0.264. The molecule has 3 rings (SSSR count). The van der Waals surface area contributed by atoms with Gasteiger partial charge >= 0.3 is 0 Å². The first-order chi connectivity index (χ1) is 9.81. The van der Waals surface area contributed by atoms with Gasteiger partial charge in [-0.05, 0) is 36.8 Å². The third kappa shape index (κ3) is 2.93. The Morgan fingerprint density at radius 1 is 1.15 bits per heavy atom. The fraction of sp³-hybridized carbons (Fsp3) is 0.471. The summed E-state index contributed by atoms with van der Waals surface area (Å²) in [7, 11) is 0. The molecule has 1 saturated carbocycles. The molecule has 0 amide bonds. The van der Waals surface area contributed by atoms with E-state index >= 15 is 0 Å². The van der Waals surface area contributed by atoms with Gasteiger partial charge in [0.15, 0.2) is 0 Å². The summed E-state index contributed by atoms with van der Waals surface area (Å²) < 4.78 is 6.06. The smallest absolute Gasteiger partial charge is 0.121 e. The highest BCUT2D eigenvalue weighted by atomic mass is 32.1. The van der Waals surface area contributed by atoms with Gasteiger partial charge in [0.05, 0.1) is 12.1 Å². The van der Waals surface area contributed by atoms with Gasteiger partial charge in [0.1, 0.15) is 5.75 Å². The molecule has 20 heavy (non-hydrogen) atoms. The molecule has 2 nitrogen and oxygen atoms in total. The fourth-order valence-electron chi connectivity index (χ4n) is 3.02. The van der Waals surface area contributed by atoms with E-state index in [0.29, 0.717) is 0 Å². The molecule has 1 fully saturated rings. The first kappa shape index (κ1) is 13.7. The predicted molar refractivity (Wildman–Crippen MR) is 86.6 cm³/mol. The van der Waals surface area contributed by atoms with Crippen molar-refractivity contribution in [2.75, 3.05) is 12.4 Å². The molecular weight excluding hydrogens is 266 g/mol. The highest BCUT2D eigenvalue weighted by Crippen LogP contribution is 2.37. The van der Waals surface area contributed by atoms with Crippen LogP contribution in [-0.2, 0) is 0 Å². The van der Waals surface area contributed by atoms with Crippen LogP contribution in [0.3, 0.4) is 0 Å². The number of rotatable bonds is 4. The largest absolute Gasteiger partial charge is 0.493 e. The number of hydrogen-bond donors (Lipinski definition) is 1. The molecule has 0 unspecified atom stereocenters. The third-order valence-corrected chi connectivity index (χ3v) is 5.04. The summed E-state index contributed by atoms with van der Waals surface area (Å²) in [5.41, 5.74) is 1.26. The van der Waals surface area contributed by atoms with E-state index in [1.807, 2.05) is 24.4 Å². The van der Waals surface area contributed by atoms with Crippen LogP contribution in [0.4, 0.5) is 0 Å². The summed E-state index contributed by atoms with van der Waals surface area (Å²) in [5.74, 6) is 1.83. The maximum Gasteiger partial charge on any atom is 0.121 e. The molecule has 106 valence electrons. The molecule has 1 aromatic carbocycles. The Balaban J connectivity index is 1.72. The Morgan fingerprint density at radius 3 is 2.80 bits per heavy atom. The highest BCUT2D eigenvalue weighted by molar-refractivity contribution is 7.80. The van der Waals surface area contributed by atoms with E-state index in [-0.39, 0.29) is 5.41 Å². The number of ether oxygens (including phenoxy) is 1. The predicted octanol–water partition coefficient (Wildman–Crippen LogP) is 4.49. The Hall–Kier alpha value is -1.22. The van der Waals surface area contributed by atoms with Crippen molar-refractivity contribution < 1.29 is 4.74 Å². The second kappa shape index (κ2) is 6.04. The Morgan fingerprint density at radius 2 is 2.00 bits per heavy atom. The van der Waals surface area contributed by atoms with Gasteiger partial charge in [-0.1, -0.05) is 25.3 Å². The zero-order valence-electron chi connectivity index (χ0n) is 11.7. The lowest BCUT2D eigenvalue weighted by Crippen LogP contribution is -2.32. The van der Waals surface area contributed by atoms with Crippen LogP contribution in [0, 0.1) is 5.41 Å².